The van der Waals surface area contributed by atoms with Crippen LogP contribution in [-0.4, -0.2) is 23.4 Å². The van der Waals surface area contributed by atoms with Gasteiger partial charge in [-0.15, -0.1) is 0 Å². The molecule has 0 bridgehead atoms. The van der Waals surface area contributed by atoms with E-state index in [-0.39, 0.29) is 19.0 Å². The van der Waals surface area contributed by atoms with Gasteiger partial charge in [0.05, 0.1) is 13.2 Å². The third-order valence-electron chi connectivity index (χ3n) is 3.54. The normalized spacial score (nSPS) is 11.6. The minimum Gasteiger partial charge on any atom is -0.395 e. The lowest BCUT2D eigenvalue weighted by Crippen LogP contribution is -2.37. The summed E-state index contributed by atoms with van der Waals surface area (Å²) < 4.78 is 13.8. The molecule has 106 valence electrons. The Hall–Kier alpha value is -1.23. The van der Waals surface area contributed by atoms with Gasteiger partial charge in [0.2, 0.25) is 0 Å². The lowest BCUT2D eigenvalue weighted by Gasteiger charge is -2.31. The minimum absolute atomic E-state index is 0.183. The number of hydrogen-bond acceptors (Lipinski definition) is 2. The molecule has 20 heavy (non-hydrogen) atoms. The van der Waals surface area contributed by atoms with Gasteiger partial charge in [0, 0.05) is 9.89 Å². The molecule has 0 aliphatic carbocycles. The van der Waals surface area contributed by atoms with Crippen LogP contribution in [-0.2, 0) is 11.8 Å². The molecular weight excluding hydrogens is 323 g/mol. The van der Waals surface area contributed by atoms with Crippen molar-refractivity contribution in [3.63, 3.8) is 0 Å². The van der Waals surface area contributed by atoms with Gasteiger partial charge in [-0.3, -0.25) is 0 Å². The molecule has 0 aliphatic heterocycles. The zero-order valence-corrected chi connectivity index (χ0v) is 12.5. The summed E-state index contributed by atoms with van der Waals surface area (Å²) in [5.74, 6) is -0.320. The van der Waals surface area contributed by atoms with E-state index in [0.29, 0.717) is 10.9 Å². The molecule has 0 aliphatic rings. The summed E-state index contributed by atoms with van der Waals surface area (Å²) in [6.07, 6.45) is 0.422. The van der Waals surface area contributed by atoms with Gasteiger partial charge in [0.15, 0.2) is 0 Å². The predicted octanol–water partition coefficient (Wildman–Crippen LogP) is 3.05. The summed E-state index contributed by atoms with van der Waals surface area (Å²) in [6, 6.07) is 13.8. The smallest absolute Gasteiger partial charge is 0.124 e. The Labute approximate surface area is 126 Å². The van der Waals surface area contributed by atoms with E-state index in [2.05, 4.69) is 15.9 Å². The van der Waals surface area contributed by atoms with Crippen LogP contribution in [0.4, 0.5) is 4.39 Å². The Morgan fingerprint density at radius 2 is 1.65 bits per heavy atom. The topological polar surface area (TPSA) is 40.5 Å². The second-order valence-electron chi connectivity index (χ2n) is 4.88. The fourth-order valence-electron chi connectivity index (χ4n) is 2.27. The molecule has 0 saturated heterocycles. The predicted molar refractivity (Wildman–Crippen MR) is 80.1 cm³/mol. The van der Waals surface area contributed by atoms with Gasteiger partial charge in [0.25, 0.3) is 0 Å². The highest BCUT2D eigenvalue weighted by Gasteiger charge is 2.31. The molecule has 0 spiro atoms. The highest BCUT2D eigenvalue weighted by atomic mass is 79.9. The van der Waals surface area contributed by atoms with Crippen molar-refractivity contribution in [1.82, 2.24) is 0 Å². The average Bonchev–Trinajstić information content (AvgIpc) is 2.48. The van der Waals surface area contributed by atoms with Crippen molar-refractivity contribution >= 4 is 15.9 Å². The molecule has 0 saturated carbocycles. The van der Waals surface area contributed by atoms with Crippen LogP contribution in [0, 0.1) is 5.82 Å². The van der Waals surface area contributed by atoms with E-state index >= 15 is 0 Å². The molecule has 2 nitrogen and oxygen atoms in total. The second-order valence-corrected chi connectivity index (χ2v) is 5.73. The van der Waals surface area contributed by atoms with E-state index in [0.717, 1.165) is 11.1 Å². The first kappa shape index (κ1) is 15.2. The van der Waals surface area contributed by atoms with Crippen LogP contribution in [0.25, 0.3) is 0 Å². The molecule has 4 heteroatoms. The van der Waals surface area contributed by atoms with Crippen molar-refractivity contribution in [3.8, 4) is 0 Å². The van der Waals surface area contributed by atoms with E-state index < -0.39 is 5.41 Å². The van der Waals surface area contributed by atoms with Gasteiger partial charge in [-0.05, 0) is 29.7 Å². The minimum atomic E-state index is -0.776. The molecule has 0 radical (unpaired) electrons. The van der Waals surface area contributed by atoms with Crippen molar-refractivity contribution in [2.45, 2.75) is 11.8 Å². The SMILES string of the molecule is OCC(CO)(Cc1ccc(F)cc1Br)c1ccccc1. The molecule has 2 N–H and O–H groups in total. The van der Waals surface area contributed by atoms with Gasteiger partial charge >= 0.3 is 0 Å². The van der Waals surface area contributed by atoms with Crippen molar-refractivity contribution in [1.29, 1.82) is 0 Å². The monoisotopic (exact) mass is 338 g/mol. The van der Waals surface area contributed by atoms with Crippen LogP contribution in [0.5, 0.6) is 0 Å². The Kier molecular flexibility index (Phi) is 4.91. The van der Waals surface area contributed by atoms with E-state index in [1.54, 1.807) is 6.07 Å². The van der Waals surface area contributed by atoms with Crippen LogP contribution >= 0.6 is 15.9 Å². The molecule has 2 aromatic carbocycles. The third-order valence-corrected chi connectivity index (χ3v) is 4.27. The number of aliphatic hydroxyl groups is 2. The maximum atomic E-state index is 13.1. The summed E-state index contributed by atoms with van der Waals surface area (Å²) in [5, 5.41) is 19.6. The van der Waals surface area contributed by atoms with Crippen LogP contribution in [0.1, 0.15) is 11.1 Å². The van der Waals surface area contributed by atoms with E-state index in [1.807, 2.05) is 30.3 Å². The molecule has 2 rings (SSSR count). The van der Waals surface area contributed by atoms with Crippen LogP contribution in [0.2, 0.25) is 0 Å². The van der Waals surface area contributed by atoms with Crippen molar-refractivity contribution in [3.05, 3.63) is 69.9 Å². The van der Waals surface area contributed by atoms with Crippen LogP contribution in [0.15, 0.2) is 53.0 Å². The quantitative estimate of drug-likeness (QED) is 0.879. The fraction of sp³-hybridized carbons (Fsp3) is 0.250. The second kappa shape index (κ2) is 6.48. The summed E-state index contributed by atoms with van der Waals surface area (Å²) in [6.45, 7) is -0.366. The summed E-state index contributed by atoms with van der Waals surface area (Å²) in [4.78, 5) is 0. The molecule has 0 amide bonds. The molecular formula is C16H16BrFO2. The lowest BCUT2D eigenvalue weighted by atomic mass is 9.77. The Balaban J connectivity index is 2.39. The number of rotatable bonds is 5. The first-order valence-corrected chi connectivity index (χ1v) is 7.12. The standard InChI is InChI=1S/C16H16BrFO2/c17-15-8-14(18)7-6-12(15)9-16(10-19,11-20)13-4-2-1-3-5-13/h1-8,19-20H,9-11H2. The lowest BCUT2D eigenvalue weighted by molar-refractivity contribution is 0.116. The summed E-state index contributed by atoms with van der Waals surface area (Å²) in [7, 11) is 0. The van der Waals surface area contributed by atoms with Gasteiger partial charge in [0.1, 0.15) is 5.82 Å². The molecule has 0 unspecified atom stereocenters. The van der Waals surface area contributed by atoms with Gasteiger partial charge in [-0.1, -0.05) is 52.3 Å². The van der Waals surface area contributed by atoms with Gasteiger partial charge in [-0.2, -0.15) is 0 Å². The first-order chi connectivity index (χ1) is 9.61. The number of benzene rings is 2. The number of aliphatic hydroxyl groups excluding tert-OH is 2. The molecule has 0 fully saturated rings. The van der Waals surface area contributed by atoms with Crippen molar-refractivity contribution in [2.75, 3.05) is 13.2 Å². The molecule has 2 aromatic rings. The van der Waals surface area contributed by atoms with Crippen molar-refractivity contribution in [2.24, 2.45) is 0 Å². The first-order valence-electron chi connectivity index (χ1n) is 6.32. The van der Waals surface area contributed by atoms with Gasteiger partial charge in [-0.25, -0.2) is 4.39 Å². The van der Waals surface area contributed by atoms with Crippen molar-refractivity contribution < 1.29 is 14.6 Å². The van der Waals surface area contributed by atoms with E-state index in [4.69, 9.17) is 0 Å². The van der Waals surface area contributed by atoms with Crippen LogP contribution in [0.3, 0.4) is 0 Å². The zero-order valence-electron chi connectivity index (χ0n) is 10.9. The maximum Gasteiger partial charge on any atom is 0.124 e. The molecule has 0 aromatic heterocycles. The number of halogens is 2. The highest BCUT2D eigenvalue weighted by Crippen LogP contribution is 2.31. The number of hydrogen-bond donors (Lipinski definition) is 2. The van der Waals surface area contributed by atoms with Gasteiger partial charge < -0.3 is 10.2 Å². The fourth-order valence-corrected chi connectivity index (χ4v) is 2.76. The zero-order chi connectivity index (χ0) is 14.6. The van der Waals surface area contributed by atoms with E-state index in [1.165, 1.54) is 12.1 Å². The summed E-state index contributed by atoms with van der Waals surface area (Å²) in [5.41, 5.74) is 0.932. The van der Waals surface area contributed by atoms with E-state index in [9.17, 15) is 14.6 Å². The Morgan fingerprint density at radius 1 is 1.00 bits per heavy atom. The maximum absolute atomic E-state index is 13.1. The average molecular weight is 339 g/mol. The summed E-state index contributed by atoms with van der Waals surface area (Å²) >= 11 is 3.33. The third kappa shape index (κ3) is 3.08. The van der Waals surface area contributed by atoms with Crippen LogP contribution < -0.4 is 0 Å². The Morgan fingerprint density at radius 3 is 2.20 bits per heavy atom. The molecule has 0 atom stereocenters. The largest absolute Gasteiger partial charge is 0.395 e. The highest BCUT2D eigenvalue weighted by molar-refractivity contribution is 9.10. The Bertz CT molecular complexity index is 568. The molecule has 0 heterocycles.